The highest BCUT2D eigenvalue weighted by Gasteiger charge is 2.33. The van der Waals surface area contributed by atoms with Crippen molar-refractivity contribution in [2.24, 2.45) is 10.8 Å². The number of unbranched alkanes of at least 4 members (excludes halogenated alkanes) is 2. The van der Waals surface area contributed by atoms with E-state index in [0.717, 1.165) is 0 Å². The summed E-state index contributed by atoms with van der Waals surface area (Å²) in [6.45, 7) is -0.665. The van der Waals surface area contributed by atoms with Crippen molar-refractivity contribution in [1.29, 1.82) is 0 Å². The van der Waals surface area contributed by atoms with Crippen molar-refractivity contribution < 1.29 is 93.0 Å². The molecule has 0 bridgehead atoms. The van der Waals surface area contributed by atoms with E-state index in [0.29, 0.717) is 24.0 Å². The van der Waals surface area contributed by atoms with Crippen LogP contribution < -0.4 is 53.6 Å². The van der Waals surface area contributed by atoms with Crippen LogP contribution in [0.4, 0.5) is 9.59 Å². The summed E-state index contributed by atoms with van der Waals surface area (Å²) in [5, 5.41) is 79.5. The molecular formula is C42H61N13O19. The van der Waals surface area contributed by atoms with Crippen molar-refractivity contribution in [3.05, 3.63) is 45.8 Å². The van der Waals surface area contributed by atoms with Crippen LogP contribution in [0.15, 0.2) is 29.4 Å². The third-order valence-corrected chi connectivity index (χ3v) is 10.1. The summed E-state index contributed by atoms with van der Waals surface area (Å²) < 4.78 is 0. The summed E-state index contributed by atoms with van der Waals surface area (Å²) in [5.74, 6) is -14.3. The maximum Gasteiger partial charge on any atom is 0.328 e. The number of carbonyl (C=O) groups is 13. The second-order valence-electron chi connectivity index (χ2n) is 16.1. The van der Waals surface area contributed by atoms with E-state index in [1.807, 2.05) is 16.0 Å². The standard InChI is InChI=1S/C42H61N13O19/c43-14-3-1-5-24(49-30(56)13-16-48-55-44)35(64)46-21-29(40(71)72)52-37(66)28(19-34(62)63)51-36(65)27(18-33(60)61)50-31(57)17-22-7-9-23(10-8-22)20-47-41(73)45-15-4-2-6-25(38(67)68)53-42(74)54-26(39(69)70)11-12-32(58)59/h7-10,24-29H,1-6,11-21,43H2,(H,46,64)(H,49,56)(H,50,57)(H,51,65)(H,52,66)(H,58,59)(H,60,61)(H,62,63)(H,67,68)(H,69,70)(H,71,72)(H2,45,47,73)(H2,53,54,74)/t24-,25-,26-,27-,28-,29-/m0/s1. The Hall–Kier alpha value is -8.80. The van der Waals surface area contributed by atoms with Crippen molar-refractivity contribution in [2.75, 3.05) is 26.2 Å². The van der Waals surface area contributed by atoms with Crippen molar-refractivity contribution >= 4 is 77.4 Å². The van der Waals surface area contributed by atoms with Gasteiger partial charge in [-0.2, -0.15) is 0 Å². The monoisotopic (exact) mass is 1050 g/mol. The topological polar surface area (TPSA) is 526 Å². The van der Waals surface area contributed by atoms with E-state index in [1.54, 1.807) is 0 Å². The second-order valence-corrected chi connectivity index (χ2v) is 16.1. The van der Waals surface area contributed by atoms with E-state index in [-0.39, 0.29) is 58.3 Å². The van der Waals surface area contributed by atoms with E-state index in [4.69, 9.17) is 16.4 Å². The highest BCUT2D eigenvalue weighted by molar-refractivity contribution is 5.97. The minimum absolute atomic E-state index is 0.00595. The molecule has 408 valence electrons. The molecule has 17 N–H and O–H groups in total. The first-order valence-electron chi connectivity index (χ1n) is 22.6. The molecule has 0 aliphatic heterocycles. The Bertz CT molecular complexity index is 2210. The van der Waals surface area contributed by atoms with Gasteiger partial charge in [0, 0.05) is 43.9 Å². The van der Waals surface area contributed by atoms with Gasteiger partial charge in [0.1, 0.15) is 36.3 Å². The average Bonchev–Trinajstić information content (AvgIpc) is 3.31. The smallest absolute Gasteiger partial charge is 0.328 e. The lowest BCUT2D eigenvalue weighted by Gasteiger charge is -2.24. The number of nitrogens with one attached hydrogen (secondary N) is 9. The quantitative estimate of drug-likeness (QED) is 0.0138. The zero-order valence-electron chi connectivity index (χ0n) is 39.7. The average molecular weight is 1050 g/mol. The summed E-state index contributed by atoms with van der Waals surface area (Å²) in [6, 6.07) is -5.74. The lowest BCUT2D eigenvalue weighted by atomic mass is 10.1. The molecule has 0 spiro atoms. The van der Waals surface area contributed by atoms with Crippen molar-refractivity contribution in [3.8, 4) is 0 Å². The number of urea groups is 2. The Labute approximate surface area is 420 Å². The number of hydrogen-bond acceptors (Lipinski definition) is 15. The van der Waals surface area contributed by atoms with E-state index < -0.39 is 152 Å². The molecule has 1 rings (SSSR count). The number of benzene rings is 1. The van der Waals surface area contributed by atoms with Crippen LogP contribution in [-0.2, 0) is 65.7 Å². The fourth-order valence-electron chi connectivity index (χ4n) is 6.33. The van der Waals surface area contributed by atoms with Gasteiger partial charge in [0.05, 0.1) is 19.3 Å². The van der Waals surface area contributed by atoms with Crippen molar-refractivity contribution in [3.63, 3.8) is 0 Å². The first-order chi connectivity index (χ1) is 34.9. The summed E-state index contributed by atoms with van der Waals surface area (Å²) in [7, 11) is 0. The molecule has 1 aromatic carbocycles. The Kier molecular flexibility index (Phi) is 29.5. The molecule has 0 aliphatic carbocycles. The Morgan fingerprint density at radius 2 is 1.03 bits per heavy atom. The van der Waals surface area contributed by atoms with Crippen LogP contribution in [0.3, 0.4) is 0 Å². The molecule has 0 heterocycles. The lowest BCUT2D eigenvalue weighted by molar-refractivity contribution is -0.145. The van der Waals surface area contributed by atoms with E-state index in [2.05, 4.69) is 41.9 Å². The fourth-order valence-corrected chi connectivity index (χ4v) is 6.33. The molecule has 74 heavy (non-hydrogen) atoms. The lowest BCUT2D eigenvalue weighted by Crippen LogP contribution is -2.58. The molecule has 0 fully saturated rings. The van der Waals surface area contributed by atoms with Crippen LogP contribution in [0.25, 0.3) is 10.4 Å². The number of nitrogens with two attached hydrogens (primary N) is 1. The van der Waals surface area contributed by atoms with Crippen LogP contribution in [0, 0.1) is 0 Å². The van der Waals surface area contributed by atoms with Crippen LogP contribution in [0.1, 0.15) is 81.8 Å². The van der Waals surface area contributed by atoms with Crippen molar-refractivity contribution in [1.82, 2.24) is 47.9 Å². The van der Waals surface area contributed by atoms with E-state index in [9.17, 15) is 87.9 Å². The van der Waals surface area contributed by atoms with Crippen molar-refractivity contribution in [2.45, 2.75) is 120 Å². The van der Waals surface area contributed by atoms with Gasteiger partial charge in [0.2, 0.25) is 29.5 Å². The zero-order chi connectivity index (χ0) is 55.8. The van der Waals surface area contributed by atoms with Gasteiger partial charge in [-0.05, 0) is 68.1 Å². The molecule has 32 nitrogen and oxygen atoms in total. The fraction of sp³-hybridized carbons (Fsp3) is 0.548. The SMILES string of the molecule is [N-]=[N+]=NCCC(=O)N[C@@H](CCCCN)C(=O)NC[C@H](NC(=O)[C@H](CC(=O)O)NC(=O)[C@H](CC(=O)O)NC(=O)Cc1ccc(CNC(=O)NCCCC[C@H](NC(=O)N[C@@H](CCC(=O)O)C(=O)O)C(=O)O)cc1)C(=O)O. The number of carboxylic acids is 6. The number of azide groups is 1. The number of hydrogen-bond donors (Lipinski definition) is 16. The summed E-state index contributed by atoms with van der Waals surface area (Å²) >= 11 is 0. The van der Waals surface area contributed by atoms with Gasteiger partial charge in [-0.3, -0.25) is 38.4 Å². The molecule has 32 heteroatoms. The predicted octanol–water partition coefficient (Wildman–Crippen LogP) is -2.81. The Morgan fingerprint density at radius 1 is 0.514 bits per heavy atom. The number of nitrogens with zero attached hydrogens (tertiary/aromatic N) is 3. The third kappa shape index (κ3) is 27.6. The minimum atomic E-state index is -2.03. The molecule has 0 radical (unpaired) electrons. The first kappa shape index (κ1) is 63.2. The molecular weight excluding hydrogens is 991 g/mol. The minimum Gasteiger partial charge on any atom is -0.481 e. The maximum atomic E-state index is 13.3. The normalized spacial score (nSPS) is 12.9. The van der Waals surface area contributed by atoms with Gasteiger partial charge < -0.3 is 84.2 Å². The van der Waals surface area contributed by atoms with Gasteiger partial charge in [-0.1, -0.05) is 29.4 Å². The van der Waals surface area contributed by atoms with Crippen LogP contribution in [0.5, 0.6) is 0 Å². The maximum absolute atomic E-state index is 13.3. The van der Waals surface area contributed by atoms with Gasteiger partial charge in [0.15, 0.2) is 0 Å². The number of rotatable bonds is 37. The number of carbonyl (C=O) groups excluding carboxylic acids is 7. The second kappa shape index (κ2) is 34.5. The van der Waals surface area contributed by atoms with Gasteiger partial charge >= 0.3 is 47.9 Å². The zero-order valence-corrected chi connectivity index (χ0v) is 39.7. The van der Waals surface area contributed by atoms with Crippen LogP contribution >= 0.6 is 0 Å². The number of carboxylic acid groups (broad SMARTS) is 6. The number of aliphatic carboxylic acids is 6. The third-order valence-electron chi connectivity index (χ3n) is 10.1. The molecule has 0 aromatic heterocycles. The first-order valence-corrected chi connectivity index (χ1v) is 22.6. The molecule has 1 aromatic rings. The molecule has 0 unspecified atom stereocenters. The van der Waals surface area contributed by atoms with Crippen LogP contribution in [0.2, 0.25) is 0 Å². The molecule has 0 saturated heterocycles. The Balaban J connectivity index is 2.81. The predicted molar refractivity (Wildman–Crippen MR) is 250 cm³/mol. The highest BCUT2D eigenvalue weighted by Crippen LogP contribution is 2.08. The van der Waals surface area contributed by atoms with E-state index >= 15 is 0 Å². The summed E-state index contributed by atoms with van der Waals surface area (Å²) in [6.07, 6.45) is -2.60. The highest BCUT2D eigenvalue weighted by atomic mass is 16.4. The van der Waals surface area contributed by atoms with Gasteiger partial charge in [-0.15, -0.1) is 0 Å². The van der Waals surface area contributed by atoms with E-state index in [1.165, 1.54) is 24.3 Å². The molecule has 0 saturated carbocycles. The molecule has 6 atom stereocenters. The van der Waals surface area contributed by atoms with Crippen LogP contribution in [-0.4, -0.2) is 170 Å². The Morgan fingerprint density at radius 3 is 1.57 bits per heavy atom. The number of amides is 9. The van der Waals surface area contributed by atoms with Gasteiger partial charge in [-0.25, -0.2) is 24.0 Å². The largest absolute Gasteiger partial charge is 0.481 e. The summed E-state index contributed by atoms with van der Waals surface area (Å²) in [5.41, 5.74) is 14.8. The summed E-state index contributed by atoms with van der Waals surface area (Å²) in [4.78, 5) is 161. The van der Waals surface area contributed by atoms with Gasteiger partial charge in [0.25, 0.3) is 0 Å². The molecule has 9 amide bonds. The molecule has 0 aliphatic rings.